The van der Waals surface area contributed by atoms with E-state index in [-0.39, 0.29) is 29.3 Å². The zero-order valence-electron chi connectivity index (χ0n) is 8.35. The van der Waals surface area contributed by atoms with Gasteiger partial charge in [-0.3, -0.25) is 9.55 Å². The summed E-state index contributed by atoms with van der Waals surface area (Å²) in [4.78, 5) is 14.1. The Labute approximate surface area is 102 Å². The molecule has 2 atom stereocenters. The van der Waals surface area contributed by atoms with Gasteiger partial charge in [0.15, 0.2) is 0 Å². The number of nitrogens with zero attached hydrogens (tertiary/aromatic N) is 1. The monoisotopic (exact) mass is 262 g/mol. The number of halogens is 1. The summed E-state index contributed by atoms with van der Waals surface area (Å²) in [5, 5.41) is 9.25. The van der Waals surface area contributed by atoms with Crippen LogP contribution < -0.4 is 5.69 Å². The van der Waals surface area contributed by atoms with E-state index in [0.717, 1.165) is 6.42 Å². The normalized spacial score (nSPS) is 24.9. The lowest BCUT2D eigenvalue weighted by molar-refractivity contribution is -0.0246. The lowest BCUT2D eigenvalue weighted by atomic mass is 10.2. The zero-order chi connectivity index (χ0) is 11.7. The summed E-state index contributed by atoms with van der Waals surface area (Å²) in [7, 11) is 0. The summed E-state index contributed by atoms with van der Waals surface area (Å²) in [5.74, 6) is 0. The fourth-order valence-corrected chi connectivity index (χ4v) is 1.99. The van der Waals surface area contributed by atoms with Crippen LogP contribution in [0.2, 0.25) is 5.02 Å². The molecule has 0 spiro atoms. The minimum Gasteiger partial charge on any atom is -0.394 e. The van der Waals surface area contributed by atoms with Crippen LogP contribution in [0.4, 0.5) is 0 Å². The average molecular weight is 263 g/mol. The molecule has 0 saturated carbocycles. The third-order valence-corrected chi connectivity index (χ3v) is 3.24. The SMILES string of the molecule is O=c1[nH]c(=S)c(Cl)cn1[C@@H]1CC[C@H](CO)O1. The number of rotatable bonds is 2. The van der Waals surface area contributed by atoms with Crippen LogP contribution >= 0.6 is 23.8 Å². The maximum absolute atomic E-state index is 11.6. The van der Waals surface area contributed by atoms with Crippen LogP contribution in [-0.2, 0) is 4.74 Å². The lowest BCUT2D eigenvalue weighted by Crippen LogP contribution is -2.27. The van der Waals surface area contributed by atoms with Gasteiger partial charge in [0.1, 0.15) is 10.9 Å². The molecule has 0 radical (unpaired) electrons. The van der Waals surface area contributed by atoms with E-state index >= 15 is 0 Å². The molecule has 1 aliphatic rings. The van der Waals surface area contributed by atoms with E-state index in [1.807, 2.05) is 0 Å². The Morgan fingerprint density at radius 3 is 3.06 bits per heavy atom. The van der Waals surface area contributed by atoms with Crippen molar-refractivity contribution in [2.45, 2.75) is 25.2 Å². The van der Waals surface area contributed by atoms with Gasteiger partial charge < -0.3 is 9.84 Å². The number of aliphatic hydroxyl groups excluding tert-OH is 1. The van der Waals surface area contributed by atoms with E-state index in [2.05, 4.69) is 4.98 Å². The Morgan fingerprint density at radius 2 is 2.44 bits per heavy atom. The molecule has 1 fully saturated rings. The molecule has 5 nitrogen and oxygen atoms in total. The van der Waals surface area contributed by atoms with E-state index in [1.54, 1.807) is 0 Å². The predicted molar refractivity (Wildman–Crippen MR) is 61.1 cm³/mol. The number of hydrogen-bond donors (Lipinski definition) is 2. The number of aromatic amines is 1. The topological polar surface area (TPSA) is 67.2 Å². The maximum Gasteiger partial charge on any atom is 0.328 e. The molecule has 0 aromatic carbocycles. The maximum atomic E-state index is 11.6. The van der Waals surface area contributed by atoms with Gasteiger partial charge in [-0.2, -0.15) is 0 Å². The van der Waals surface area contributed by atoms with Gasteiger partial charge in [-0.25, -0.2) is 4.79 Å². The number of hydrogen-bond acceptors (Lipinski definition) is 4. The third-order valence-electron chi connectivity index (χ3n) is 2.52. The molecule has 7 heteroatoms. The zero-order valence-corrected chi connectivity index (χ0v) is 9.92. The van der Waals surface area contributed by atoms with Gasteiger partial charge in [-0.05, 0) is 12.8 Å². The van der Waals surface area contributed by atoms with Gasteiger partial charge in [0.25, 0.3) is 0 Å². The van der Waals surface area contributed by atoms with Gasteiger partial charge in [0.05, 0.1) is 17.7 Å². The van der Waals surface area contributed by atoms with Crippen LogP contribution in [0.1, 0.15) is 19.1 Å². The molecule has 1 aromatic heterocycles. The number of aliphatic hydroxyl groups is 1. The fourth-order valence-electron chi connectivity index (χ4n) is 1.70. The van der Waals surface area contributed by atoms with Gasteiger partial charge in [0.2, 0.25) is 0 Å². The Hall–Kier alpha value is -0.690. The highest BCUT2D eigenvalue weighted by molar-refractivity contribution is 7.71. The quantitative estimate of drug-likeness (QED) is 0.787. The van der Waals surface area contributed by atoms with Crippen LogP contribution in [0, 0.1) is 4.64 Å². The molecule has 0 amide bonds. The van der Waals surface area contributed by atoms with E-state index in [1.165, 1.54) is 10.8 Å². The molecular formula is C9H11ClN2O3S. The smallest absolute Gasteiger partial charge is 0.328 e. The molecule has 0 bridgehead atoms. The highest BCUT2D eigenvalue weighted by Crippen LogP contribution is 2.27. The van der Waals surface area contributed by atoms with Crippen molar-refractivity contribution in [1.29, 1.82) is 0 Å². The van der Waals surface area contributed by atoms with Crippen LogP contribution in [0.5, 0.6) is 0 Å². The molecule has 2 rings (SSSR count). The number of H-pyrrole nitrogens is 1. The second kappa shape index (κ2) is 4.67. The highest BCUT2D eigenvalue weighted by atomic mass is 35.5. The van der Waals surface area contributed by atoms with Gasteiger partial charge >= 0.3 is 5.69 Å². The van der Waals surface area contributed by atoms with Crippen molar-refractivity contribution < 1.29 is 9.84 Å². The molecule has 88 valence electrons. The summed E-state index contributed by atoms with van der Waals surface area (Å²) in [6.45, 7) is -0.0399. The van der Waals surface area contributed by atoms with Crippen molar-refractivity contribution in [1.82, 2.24) is 9.55 Å². The highest BCUT2D eigenvalue weighted by Gasteiger charge is 2.26. The molecule has 2 heterocycles. The third kappa shape index (κ3) is 2.20. The van der Waals surface area contributed by atoms with Gasteiger partial charge in [-0.15, -0.1) is 0 Å². The fraction of sp³-hybridized carbons (Fsp3) is 0.556. The van der Waals surface area contributed by atoms with Gasteiger partial charge in [0, 0.05) is 6.20 Å². The van der Waals surface area contributed by atoms with Crippen LogP contribution in [0.3, 0.4) is 0 Å². The molecule has 1 saturated heterocycles. The number of nitrogens with one attached hydrogen (secondary N) is 1. The van der Waals surface area contributed by atoms with E-state index in [9.17, 15) is 4.79 Å². The van der Waals surface area contributed by atoms with Crippen molar-refractivity contribution >= 4 is 23.8 Å². The minimum atomic E-state index is -0.381. The average Bonchev–Trinajstić information content (AvgIpc) is 2.71. The second-order valence-corrected chi connectivity index (χ2v) is 4.43. The Balaban J connectivity index is 2.32. The van der Waals surface area contributed by atoms with Gasteiger partial charge in [-0.1, -0.05) is 23.8 Å². The Morgan fingerprint density at radius 1 is 1.69 bits per heavy atom. The summed E-state index contributed by atoms with van der Waals surface area (Å²) >= 11 is 10.7. The molecule has 2 N–H and O–H groups in total. The first kappa shape index (κ1) is 11.8. The largest absolute Gasteiger partial charge is 0.394 e. The molecule has 0 aliphatic carbocycles. The lowest BCUT2D eigenvalue weighted by Gasteiger charge is -2.14. The van der Waals surface area contributed by atoms with Crippen molar-refractivity contribution in [3.8, 4) is 0 Å². The molecule has 1 aliphatic heterocycles. The van der Waals surface area contributed by atoms with E-state index < -0.39 is 0 Å². The Bertz CT molecular complexity index is 498. The van der Waals surface area contributed by atoms with Crippen LogP contribution in [0.25, 0.3) is 0 Å². The number of aromatic nitrogens is 2. The summed E-state index contributed by atoms with van der Waals surface area (Å²) in [6.07, 6.45) is 2.27. The van der Waals surface area contributed by atoms with E-state index in [4.69, 9.17) is 33.7 Å². The molecule has 0 unspecified atom stereocenters. The first-order valence-electron chi connectivity index (χ1n) is 4.89. The standard InChI is InChI=1S/C9H11ClN2O3S/c10-6-3-12(9(14)11-8(6)16)7-2-1-5(4-13)15-7/h3,5,7,13H,1-2,4H2,(H,11,14,16)/t5-,7+/m1/s1. The van der Waals surface area contributed by atoms with Crippen LogP contribution in [0.15, 0.2) is 11.0 Å². The first-order valence-corrected chi connectivity index (χ1v) is 5.67. The molecular weight excluding hydrogens is 252 g/mol. The van der Waals surface area contributed by atoms with Crippen molar-refractivity contribution in [2.75, 3.05) is 6.61 Å². The molecule has 16 heavy (non-hydrogen) atoms. The summed E-state index contributed by atoms with van der Waals surface area (Å²) in [6, 6.07) is 0. The summed E-state index contributed by atoms with van der Waals surface area (Å²) in [5.41, 5.74) is -0.349. The second-order valence-electron chi connectivity index (χ2n) is 3.62. The Kier molecular flexibility index (Phi) is 3.44. The van der Waals surface area contributed by atoms with Crippen molar-refractivity contribution in [3.63, 3.8) is 0 Å². The minimum absolute atomic E-state index is 0.0399. The van der Waals surface area contributed by atoms with Crippen LogP contribution in [-0.4, -0.2) is 27.4 Å². The summed E-state index contributed by atoms with van der Waals surface area (Å²) < 4.78 is 7.06. The molecule has 1 aromatic rings. The number of ether oxygens (including phenoxy) is 1. The predicted octanol–water partition coefficient (Wildman–Crippen LogP) is 1.23. The first-order chi connectivity index (χ1) is 7.61. The van der Waals surface area contributed by atoms with Crippen molar-refractivity contribution in [3.05, 3.63) is 26.3 Å². The van der Waals surface area contributed by atoms with E-state index in [0.29, 0.717) is 11.4 Å². The van der Waals surface area contributed by atoms with Crippen molar-refractivity contribution in [2.24, 2.45) is 0 Å².